The van der Waals surface area contributed by atoms with Crippen LogP contribution in [-0.2, 0) is 5.60 Å². The monoisotopic (exact) mass is 220 g/mol. The maximum atomic E-state index is 10.6. The van der Waals surface area contributed by atoms with Crippen molar-refractivity contribution in [2.45, 2.75) is 36.9 Å². The summed E-state index contributed by atoms with van der Waals surface area (Å²) in [4.78, 5) is 0. The summed E-state index contributed by atoms with van der Waals surface area (Å²) in [5, 5.41) is 20.7. The molecule has 0 radical (unpaired) electrons. The molecule has 1 aromatic rings. The summed E-state index contributed by atoms with van der Waals surface area (Å²) in [6.07, 6.45) is 1.94. The fraction of sp³-hybridized carbons (Fsp3) is 0.538. The van der Waals surface area contributed by atoms with Crippen molar-refractivity contribution < 1.29 is 14.9 Å². The largest absolute Gasteiger partial charge is 0.496 e. The highest BCUT2D eigenvalue weighted by Gasteiger charge is 2.58. The van der Waals surface area contributed by atoms with Crippen LogP contribution in [0.3, 0.4) is 0 Å². The highest BCUT2D eigenvalue weighted by molar-refractivity contribution is 5.56. The lowest BCUT2D eigenvalue weighted by atomic mass is 9.56. The van der Waals surface area contributed by atoms with E-state index in [2.05, 4.69) is 0 Å². The molecule has 0 amide bonds. The van der Waals surface area contributed by atoms with Gasteiger partial charge >= 0.3 is 0 Å². The Morgan fingerprint density at radius 1 is 1.38 bits per heavy atom. The number of fused-ring (bicyclic) bond motifs is 4. The van der Waals surface area contributed by atoms with E-state index in [0.717, 1.165) is 24.0 Å². The van der Waals surface area contributed by atoms with Crippen molar-refractivity contribution in [3.8, 4) is 5.75 Å². The van der Waals surface area contributed by atoms with Crippen LogP contribution in [-0.4, -0.2) is 23.4 Å². The number of rotatable bonds is 1. The van der Waals surface area contributed by atoms with Gasteiger partial charge in [-0.15, -0.1) is 0 Å². The van der Waals surface area contributed by atoms with Crippen molar-refractivity contribution in [2.24, 2.45) is 0 Å². The smallest absolute Gasteiger partial charge is 0.126 e. The molecule has 0 bridgehead atoms. The molecule has 0 aromatic heterocycles. The van der Waals surface area contributed by atoms with E-state index < -0.39 is 11.7 Å². The van der Waals surface area contributed by atoms with Gasteiger partial charge in [0.25, 0.3) is 0 Å². The van der Waals surface area contributed by atoms with Gasteiger partial charge in [0.2, 0.25) is 0 Å². The highest BCUT2D eigenvalue weighted by Crippen LogP contribution is 2.60. The number of aliphatic hydroxyl groups excluding tert-OH is 1. The molecular formula is C13H16O3. The summed E-state index contributed by atoms with van der Waals surface area (Å²) in [5.41, 5.74) is 0.871. The van der Waals surface area contributed by atoms with Crippen molar-refractivity contribution in [1.29, 1.82) is 0 Å². The molecule has 2 aliphatic carbocycles. The molecule has 1 fully saturated rings. The first-order valence-electron chi connectivity index (χ1n) is 5.77. The maximum absolute atomic E-state index is 10.6. The van der Waals surface area contributed by atoms with Gasteiger partial charge in [0, 0.05) is 11.5 Å². The fourth-order valence-corrected chi connectivity index (χ4v) is 3.28. The lowest BCUT2D eigenvalue weighted by molar-refractivity contribution is -0.141. The third-order valence-electron chi connectivity index (χ3n) is 4.06. The minimum Gasteiger partial charge on any atom is -0.496 e. The molecular weight excluding hydrogens is 204 g/mol. The molecule has 3 atom stereocenters. The number of hydrogen-bond donors (Lipinski definition) is 2. The molecule has 1 saturated carbocycles. The molecule has 2 N–H and O–H groups in total. The Morgan fingerprint density at radius 2 is 2.19 bits per heavy atom. The average Bonchev–Trinajstić information content (AvgIpc) is 2.31. The van der Waals surface area contributed by atoms with Crippen LogP contribution in [0.5, 0.6) is 5.75 Å². The summed E-state index contributed by atoms with van der Waals surface area (Å²) in [6, 6.07) is 5.81. The number of hydrogen-bond acceptors (Lipinski definition) is 3. The topological polar surface area (TPSA) is 49.7 Å². The van der Waals surface area contributed by atoms with Gasteiger partial charge in [0.05, 0.1) is 13.2 Å². The van der Waals surface area contributed by atoms with E-state index in [1.165, 1.54) is 0 Å². The van der Waals surface area contributed by atoms with Gasteiger partial charge in [0.1, 0.15) is 11.4 Å². The molecule has 3 rings (SSSR count). The molecule has 2 aliphatic rings. The summed E-state index contributed by atoms with van der Waals surface area (Å²) >= 11 is 0. The second-order valence-corrected chi connectivity index (χ2v) is 4.75. The normalized spacial score (nSPS) is 35.9. The summed E-state index contributed by atoms with van der Waals surface area (Å²) in [7, 11) is 1.60. The molecule has 0 spiro atoms. The number of methoxy groups -OCH3 is 1. The molecule has 0 heterocycles. The zero-order valence-electron chi connectivity index (χ0n) is 9.31. The Balaban J connectivity index is 2.15. The van der Waals surface area contributed by atoms with Gasteiger partial charge in [0.15, 0.2) is 0 Å². The number of benzene rings is 1. The van der Waals surface area contributed by atoms with Crippen LogP contribution in [0, 0.1) is 0 Å². The van der Waals surface area contributed by atoms with Gasteiger partial charge in [-0.3, -0.25) is 0 Å². The minimum absolute atomic E-state index is 0.0846. The van der Waals surface area contributed by atoms with E-state index in [1.54, 1.807) is 7.11 Å². The maximum Gasteiger partial charge on any atom is 0.126 e. The highest BCUT2D eigenvalue weighted by atomic mass is 16.5. The Labute approximate surface area is 94.7 Å². The van der Waals surface area contributed by atoms with Crippen molar-refractivity contribution in [2.75, 3.05) is 7.11 Å². The van der Waals surface area contributed by atoms with Crippen LogP contribution in [0.15, 0.2) is 18.2 Å². The lowest BCUT2D eigenvalue weighted by Gasteiger charge is -2.53. The Morgan fingerprint density at radius 3 is 2.94 bits per heavy atom. The van der Waals surface area contributed by atoms with Crippen molar-refractivity contribution >= 4 is 0 Å². The van der Waals surface area contributed by atoms with Crippen molar-refractivity contribution in [3.63, 3.8) is 0 Å². The molecule has 3 nitrogen and oxygen atoms in total. The van der Waals surface area contributed by atoms with Gasteiger partial charge in [-0.1, -0.05) is 18.6 Å². The first-order valence-corrected chi connectivity index (χ1v) is 5.77. The predicted octanol–water partition coefficient (Wildman–Crippen LogP) is 1.52. The Bertz CT molecular complexity index is 429. The fourth-order valence-electron chi connectivity index (χ4n) is 3.28. The van der Waals surface area contributed by atoms with Gasteiger partial charge in [-0.25, -0.2) is 0 Å². The third kappa shape index (κ3) is 1.00. The van der Waals surface area contributed by atoms with Crippen LogP contribution in [0.2, 0.25) is 0 Å². The molecule has 1 unspecified atom stereocenters. The van der Waals surface area contributed by atoms with Gasteiger partial charge in [-0.2, -0.15) is 0 Å². The van der Waals surface area contributed by atoms with Gasteiger partial charge < -0.3 is 14.9 Å². The molecule has 1 aromatic carbocycles. The van der Waals surface area contributed by atoms with E-state index in [4.69, 9.17) is 4.74 Å². The lowest BCUT2D eigenvalue weighted by Crippen LogP contribution is -2.54. The Hall–Kier alpha value is -1.06. The molecule has 16 heavy (non-hydrogen) atoms. The average molecular weight is 220 g/mol. The molecule has 0 aliphatic heterocycles. The standard InChI is InChI=1S/C13H16O3/c1-16-10-6-2-4-8-9-5-3-7-11(14)13(9,15)12(8)10/h2,4,6,9,11,14-15H,3,5,7H2,1H3/t9?,11-,13-/m1/s1. The molecule has 3 heteroatoms. The van der Waals surface area contributed by atoms with E-state index in [0.29, 0.717) is 12.2 Å². The second-order valence-electron chi connectivity index (χ2n) is 4.75. The predicted molar refractivity (Wildman–Crippen MR) is 59.5 cm³/mol. The van der Waals surface area contributed by atoms with Crippen molar-refractivity contribution in [1.82, 2.24) is 0 Å². The number of ether oxygens (including phenoxy) is 1. The molecule has 0 saturated heterocycles. The van der Waals surface area contributed by atoms with Crippen LogP contribution in [0.1, 0.15) is 36.3 Å². The quantitative estimate of drug-likeness (QED) is 0.754. The van der Waals surface area contributed by atoms with Crippen molar-refractivity contribution in [3.05, 3.63) is 29.3 Å². The summed E-state index contributed by atoms with van der Waals surface area (Å²) < 4.78 is 5.27. The number of aliphatic hydroxyl groups is 2. The Kier molecular flexibility index (Phi) is 2.03. The van der Waals surface area contributed by atoms with E-state index in [9.17, 15) is 10.2 Å². The van der Waals surface area contributed by atoms with Crippen LogP contribution in [0.4, 0.5) is 0 Å². The van der Waals surface area contributed by atoms with Crippen LogP contribution in [0.25, 0.3) is 0 Å². The van der Waals surface area contributed by atoms with E-state index >= 15 is 0 Å². The van der Waals surface area contributed by atoms with Crippen LogP contribution >= 0.6 is 0 Å². The van der Waals surface area contributed by atoms with E-state index in [-0.39, 0.29) is 5.92 Å². The zero-order chi connectivity index (χ0) is 11.3. The summed E-state index contributed by atoms with van der Waals surface area (Å²) in [6.45, 7) is 0. The summed E-state index contributed by atoms with van der Waals surface area (Å²) in [5.74, 6) is 0.776. The second kappa shape index (κ2) is 3.22. The van der Waals surface area contributed by atoms with Gasteiger partial charge in [-0.05, 0) is 24.5 Å². The van der Waals surface area contributed by atoms with Crippen LogP contribution < -0.4 is 4.74 Å². The molecule has 86 valence electrons. The first kappa shape index (κ1) is 10.1. The van der Waals surface area contributed by atoms with E-state index in [1.807, 2.05) is 18.2 Å². The zero-order valence-corrected chi connectivity index (χ0v) is 9.31. The first-order chi connectivity index (χ1) is 7.69. The SMILES string of the molecule is COc1cccc2c1[C@@]1(O)C2CCC[C@H]1O. The minimum atomic E-state index is -1.07. The third-order valence-corrected chi connectivity index (χ3v) is 4.06.